The second-order valence-electron chi connectivity index (χ2n) is 6.50. The molecule has 1 aliphatic rings. The first kappa shape index (κ1) is 16.3. The molecule has 4 aromatic rings. The molecule has 4 aromatic heterocycles. The van der Waals surface area contributed by atoms with Gasteiger partial charge in [0, 0.05) is 48.0 Å². The van der Waals surface area contributed by atoms with Gasteiger partial charge in [-0.15, -0.1) is 11.3 Å². The number of rotatable bonds is 5. The van der Waals surface area contributed by atoms with Crippen LogP contribution in [0.2, 0.25) is 0 Å². The van der Waals surface area contributed by atoms with Gasteiger partial charge >= 0.3 is 0 Å². The van der Waals surface area contributed by atoms with E-state index in [0.29, 0.717) is 11.7 Å². The molecule has 1 saturated heterocycles. The fraction of sp³-hybridized carbons (Fsp3) is 0.263. The molecule has 0 radical (unpaired) electrons. The smallest absolute Gasteiger partial charge is 0.244 e. The van der Waals surface area contributed by atoms with Gasteiger partial charge in [-0.25, -0.2) is 4.98 Å². The Morgan fingerprint density at radius 1 is 1.19 bits per heavy atom. The van der Waals surface area contributed by atoms with E-state index in [2.05, 4.69) is 47.9 Å². The molecule has 5 rings (SSSR count). The van der Waals surface area contributed by atoms with Gasteiger partial charge in [-0.05, 0) is 43.7 Å². The highest BCUT2D eigenvalue weighted by atomic mass is 32.1. The van der Waals surface area contributed by atoms with E-state index < -0.39 is 0 Å². The van der Waals surface area contributed by atoms with Crippen LogP contribution in [-0.4, -0.2) is 36.1 Å². The maximum Gasteiger partial charge on any atom is 0.244 e. The van der Waals surface area contributed by atoms with Crippen LogP contribution in [0, 0.1) is 0 Å². The Kier molecular flexibility index (Phi) is 4.27. The Morgan fingerprint density at radius 3 is 2.96 bits per heavy atom. The Hall–Kier alpha value is -2.84. The van der Waals surface area contributed by atoms with E-state index in [0.717, 1.165) is 36.6 Å². The van der Waals surface area contributed by atoms with Crippen LogP contribution < -0.4 is 0 Å². The quantitative estimate of drug-likeness (QED) is 0.527. The summed E-state index contributed by atoms with van der Waals surface area (Å²) in [7, 11) is 0. The monoisotopic (exact) mass is 378 g/mol. The third kappa shape index (κ3) is 3.17. The highest BCUT2D eigenvalue weighted by Gasteiger charge is 2.31. The minimum Gasteiger partial charge on any atom is -0.337 e. The summed E-state index contributed by atoms with van der Waals surface area (Å²) in [4.78, 5) is 15.5. The van der Waals surface area contributed by atoms with Crippen molar-refractivity contribution in [1.29, 1.82) is 0 Å². The molecule has 7 nitrogen and oxygen atoms in total. The molecule has 136 valence electrons. The molecule has 0 saturated carbocycles. The van der Waals surface area contributed by atoms with Crippen LogP contribution in [0.25, 0.3) is 16.5 Å². The van der Waals surface area contributed by atoms with Crippen LogP contribution in [0.1, 0.15) is 30.5 Å². The second-order valence-corrected chi connectivity index (χ2v) is 7.38. The first-order valence-electron chi connectivity index (χ1n) is 8.92. The third-order valence-corrected chi connectivity index (χ3v) is 5.62. The zero-order chi connectivity index (χ0) is 18.1. The van der Waals surface area contributed by atoms with E-state index in [4.69, 9.17) is 4.52 Å². The lowest BCUT2D eigenvalue weighted by molar-refractivity contribution is 0.198. The molecule has 8 heteroatoms. The van der Waals surface area contributed by atoms with Crippen molar-refractivity contribution in [2.75, 3.05) is 6.54 Å². The normalized spacial score (nSPS) is 17.6. The van der Waals surface area contributed by atoms with Crippen molar-refractivity contribution in [3.8, 4) is 16.5 Å². The Morgan fingerprint density at radius 2 is 2.11 bits per heavy atom. The number of nitrogens with zero attached hydrogens (tertiary/aromatic N) is 6. The van der Waals surface area contributed by atoms with Gasteiger partial charge in [0.1, 0.15) is 0 Å². The summed E-state index contributed by atoms with van der Waals surface area (Å²) in [6.45, 7) is 1.84. The molecule has 0 N–H and O–H groups in total. The van der Waals surface area contributed by atoms with Gasteiger partial charge in [0.05, 0.1) is 6.04 Å². The number of aromatic nitrogens is 5. The number of pyridine rings is 1. The lowest BCUT2D eigenvalue weighted by Gasteiger charge is -2.21. The average molecular weight is 378 g/mol. The fourth-order valence-corrected chi connectivity index (χ4v) is 4.22. The van der Waals surface area contributed by atoms with Crippen LogP contribution in [0.15, 0.2) is 59.0 Å². The molecule has 0 spiro atoms. The zero-order valence-corrected chi connectivity index (χ0v) is 15.4. The number of hydrogen-bond acceptors (Lipinski definition) is 7. The van der Waals surface area contributed by atoms with Crippen molar-refractivity contribution in [2.45, 2.75) is 25.4 Å². The van der Waals surface area contributed by atoms with Crippen LogP contribution in [0.5, 0.6) is 0 Å². The van der Waals surface area contributed by atoms with Gasteiger partial charge in [-0.2, -0.15) is 4.98 Å². The SMILES string of the molecule is c1cc(CN2CCC[C@H]2c2nc(-c3ccncc3)no2)n(-c2nccs2)c1. The van der Waals surface area contributed by atoms with E-state index in [1.54, 1.807) is 23.7 Å². The molecule has 1 aliphatic heterocycles. The van der Waals surface area contributed by atoms with Crippen molar-refractivity contribution >= 4 is 11.3 Å². The number of hydrogen-bond donors (Lipinski definition) is 0. The molecule has 0 aliphatic carbocycles. The first-order valence-corrected chi connectivity index (χ1v) is 9.80. The predicted octanol–water partition coefficient (Wildman–Crippen LogP) is 3.72. The minimum atomic E-state index is 0.146. The van der Waals surface area contributed by atoms with Gasteiger partial charge < -0.3 is 4.52 Å². The van der Waals surface area contributed by atoms with Gasteiger partial charge in [0.15, 0.2) is 5.13 Å². The van der Waals surface area contributed by atoms with E-state index in [-0.39, 0.29) is 6.04 Å². The molecular formula is C19H18N6OS. The van der Waals surface area contributed by atoms with Crippen molar-refractivity contribution in [1.82, 2.24) is 29.6 Å². The average Bonchev–Trinajstić information content (AvgIpc) is 3.49. The third-order valence-electron chi connectivity index (χ3n) is 4.85. The summed E-state index contributed by atoms with van der Waals surface area (Å²) < 4.78 is 7.76. The molecule has 5 heterocycles. The van der Waals surface area contributed by atoms with Crippen molar-refractivity contribution < 1.29 is 4.52 Å². The predicted molar refractivity (Wildman–Crippen MR) is 101 cm³/mol. The Labute approximate surface area is 160 Å². The Balaban J connectivity index is 1.38. The molecule has 27 heavy (non-hydrogen) atoms. The highest BCUT2D eigenvalue weighted by Crippen LogP contribution is 2.33. The first-order chi connectivity index (χ1) is 13.4. The van der Waals surface area contributed by atoms with Crippen LogP contribution >= 0.6 is 11.3 Å². The largest absolute Gasteiger partial charge is 0.337 e. The maximum atomic E-state index is 5.61. The van der Waals surface area contributed by atoms with Gasteiger partial charge in [0.25, 0.3) is 0 Å². The van der Waals surface area contributed by atoms with Crippen LogP contribution in [0.4, 0.5) is 0 Å². The molecule has 0 amide bonds. The second kappa shape index (κ2) is 7.05. The van der Waals surface area contributed by atoms with E-state index in [9.17, 15) is 0 Å². The van der Waals surface area contributed by atoms with Crippen LogP contribution in [-0.2, 0) is 6.54 Å². The van der Waals surface area contributed by atoms with Crippen molar-refractivity contribution in [3.63, 3.8) is 0 Å². The zero-order valence-electron chi connectivity index (χ0n) is 14.6. The van der Waals surface area contributed by atoms with Gasteiger partial charge in [-0.1, -0.05) is 5.16 Å². The van der Waals surface area contributed by atoms with E-state index in [1.165, 1.54) is 5.69 Å². The molecule has 0 unspecified atom stereocenters. The van der Waals surface area contributed by atoms with Crippen LogP contribution in [0.3, 0.4) is 0 Å². The van der Waals surface area contributed by atoms with Gasteiger partial charge in [-0.3, -0.25) is 14.5 Å². The Bertz CT molecular complexity index is 1010. The van der Waals surface area contributed by atoms with Crippen molar-refractivity contribution in [2.24, 2.45) is 0 Å². The molecule has 1 fully saturated rings. The molecule has 0 aromatic carbocycles. The van der Waals surface area contributed by atoms with E-state index in [1.807, 2.05) is 23.7 Å². The molecular weight excluding hydrogens is 360 g/mol. The molecule has 1 atom stereocenters. The lowest BCUT2D eigenvalue weighted by atomic mass is 10.2. The molecule has 0 bridgehead atoms. The summed E-state index contributed by atoms with van der Waals surface area (Å²) in [5, 5.41) is 7.15. The summed E-state index contributed by atoms with van der Waals surface area (Å²) in [6.07, 6.45) is 9.51. The summed E-state index contributed by atoms with van der Waals surface area (Å²) >= 11 is 1.64. The maximum absolute atomic E-state index is 5.61. The summed E-state index contributed by atoms with van der Waals surface area (Å²) in [5.74, 6) is 1.30. The fourth-order valence-electron chi connectivity index (χ4n) is 3.56. The topological polar surface area (TPSA) is 72.9 Å². The minimum absolute atomic E-state index is 0.146. The summed E-state index contributed by atoms with van der Waals surface area (Å²) in [6, 6.07) is 8.14. The number of thiazole rings is 1. The van der Waals surface area contributed by atoms with Crippen molar-refractivity contribution in [3.05, 3.63) is 66.0 Å². The summed E-state index contributed by atoms with van der Waals surface area (Å²) in [5.41, 5.74) is 2.13. The van der Waals surface area contributed by atoms with E-state index >= 15 is 0 Å². The highest BCUT2D eigenvalue weighted by molar-refractivity contribution is 7.12. The van der Waals surface area contributed by atoms with Gasteiger partial charge in [0.2, 0.25) is 11.7 Å². The standard InChI is InChI=1S/C19H18N6OS/c1-3-15(25(11-1)19-21-9-12-27-19)13-24-10-2-4-16(24)18-22-17(23-26-18)14-5-7-20-8-6-14/h1,3,5-9,11-12,16H,2,4,10,13H2/t16-/m0/s1. The number of likely N-dealkylation sites (tertiary alicyclic amines) is 1. The lowest BCUT2D eigenvalue weighted by Crippen LogP contribution is -2.24.